The van der Waals surface area contributed by atoms with Crippen LogP contribution in [0.25, 0.3) is 0 Å². The van der Waals surface area contributed by atoms with Crippen LogP contribution >= 0.6 is 0 Å². The minimum atomic E-state index is -0.370. The summed E-state index contributed by atoms with van der Waals surface area (Å²) < 4.78 is 4.68. The van der Waals surface area contributed by atoms with E-state index in [9.17, 15) is 4.79 Å². The molecule has 1 aliphatic carbocycles. The lowest BCUT2D eigenvalue weighted by Gasteiger charge is -2.23. The summed E-state index contributed by atoms with van der Waals surface area (Å²) in [5, 5.41) is 9.17. The van der Waals surface area contributed by atoms with Crippen molar-refractivity contribution in [1.29, 1.82) is 0 Å². The van der Waals surface area contributed by atoms with Crippen LogP contribution in [-0.2, 0) is 9.53 Å². The van der Waals surface area contributed by atoms with E-state index in [2.05, 4.69) is 11.3 Å². The van der Waals surface area contributed by atoms with Gasteiger partial charge in [-0.15, -0.1) is 6.58 Å². The van der Waals surface area contributed by atoms with Gasteiger partial charge in [0.25, 0.3) is 0 Å². The highest BCUT2D eigenvalue weighted by Crippen LogP contribution is 2.37. The second kappa shape index (κ2) is 5.15. The molecule has 0 amide bonds. The normalized spacial score (nSPS) is 28.4. The van der Waals surface area contributed by atoms with Crippen LogP contribution in [-0.4, -0.2) is 24.8 Å². The number of carbonyl (C=O) groups is 1. The average molecular weight is 198 g/mol. The highest BCUT2D eigenvalue weighted by molar-refractivity contribution is 5.72. The van der Waals surface area contributed by atoms with Crippen molar-refractivity contribution in [3.8, 4) is 0 Å². The number of aliphatic hydroxyl groups excluding tert-OH is 1. The standard InChI is InChI=1S/C11H18O3/c1-3-8-5-4-6-9(8)10(7-12)11(13)14-2/h3,8-10,12H,1,4-7H2,2H3/t8-,9-,10+/m1/s1. The first-order valence-electron chi connectivity index (χ1n) is 5.05. The second-order valence-corrected chi connectivity index (χ2v) is 3.81. The zero-order valence-corrected chi connectivity index (χ0v) is 8.61. The van der Waals surface area contributed by atoms with Crippen molar-refractivity contribution < 1.29 is 14.6 Å². The van der Waals surface area contributed by atoms with Gasteiger partial charge >= 0.3 is 5.97 Å². The molecule has 0 aliphatic heterocycles. The molecule has 0 radical (unpaired) electrons. The third kappa shape index (κ3) is 2.15. The van der Waals surface area contributed by atoms with Crippen LogP contribution in [0.5, 0.6) is 0 Å². The van der Waals surface area contributed by atoms with Gasteiger partial charge in [-0.1, -0.05) is 12.5 Å². The Morgan fingerprint density at radius 1 is 1.71 bits per heavy atom. The Morgan fingerprint density at radius 2 is 2.43 bits per heavy atom. The predicted molar refractivity (Wildman–Crippen MR) is 53.6 cm³/mol. The fraction of sp³-hybridized carbons (Fsp3) is 0.727. The number of allylic oxidation sites excluding steroid dienone is 1. The summed E-state index contributed by atoms with van der Waals surface area (Å²) in [7, 11) is 1.36. The van der Waals surface area contributed by atoms with Crippen LogP contribution in [0.2, 0.25) is 0 Å². The maximum atomic E-state index is 11.4. The van der Waals surface area contributed by atoms with Crippen molar-refractivity contribution in [2.24, 2.45) is 17.8 Å². The monoisotopic (exact) mass is 198 g/mol. The number of ether oxygens (including phenoxy) is 1. The average Bonchev–Trinajstić information content (AvgIpc) is 2.66. The minimum Gasteiger partial charge on any atom is -0.469 e. The van der Waals surface area contributed by atoms with Crippen molar-refractivity contribution in [1.82, 2.24) is 0 Å². The van der Waals surface area contributed by atoms with Gasteiger partial charge in [-0.2, -0.15) is 0 Å². The van der Waals surface area contributed by atoms with Gasteiger partial charge in [-0.3, -0.25) is 4.79 Å². The smallest absolute Gasteiger partial charge is 0.311 e. The number of esters is 1. The highest BCUT2D eigenvalue weighted by Gasteiger charge is 2.36. The number of hydrogen-bond donors (Lipinski definition) is 1. The predicted octanol–water partition coefficient (Wildman–Crippen LogP) is 1.37. The van der Waals surface area contributed by atoms with E-state index in [1.807, 2.05) is 6.08 Å². The lowest BCUT2D eigenvalue weighted by Crippen LogP contribution is -2.30. The largest absolute Gasteiger partial charge is 0.469 e. The van der Waals surface area contributed by atoms with Crippen molar-refractivity contribution in [2.45, 2.75) is 19.3 Å². The summed E-state index contributed by atoms with van der Waals surface area (Å²) in [6, 6.07) is 0. The van der Waals surface area contributed by atoms with Crippen LogP contribution < -0.4 is 0 Å². The molecule has 3 heteroatoms. The van der Waals surface area contributed by atoms with Crippen LogP contribution in [0, 0.1) is 17.8 Å². The lowest BCUT2D eigenvalue weighted by molar-refractivity contribution is -0.149. The van der Waals surface area contributed by atoms with E-state index in [4.69, 9.17) is 5.11 Å². The van der Waals surface area contributed by atoms with Crippen molar-refractivity contribution in [3.63, 3.8) is 0 Å². The molecule has 0 aromatic rings. The summed E-state index contributed by atoms with van der Waals surface area (Å²) in [6.45, 7) is 3.64. The zero-order valence-electron chi connectivity index (χ0n) is 8.61. The lowest BCUT2D eigenvalue weighted by atomic mass is 9.84. The van der Waals surface area contributed by atoms with E-state index < -0.39 is 0 Å². The first-order valence-corrected chi connectivity index (χ1v) is 5.05. The summed E-state index contributed by atoms with van der Waals surface area (Å²) in [6.07, 6.45) is 5.05. The Bertz CT molecular complexity index is 213. The van der Waals surface area contributed by atoms with E-state index in [0.29, 0.717) is 5.92 Å². The van der Waals surface area contributed by atoms with Gasteiger partial charge in [0, 0.05) is 0 Å². The molecule has 1 N–H and O–H groups in total. The molecular weight excluding hydrogens is 180 g/mol. The molecular formula is C11H18O3. The number of hydrogen-bond acceptors (Lipinski definition) is 3. The molecule has 0 saturated heterocycles. The first-order chi connectivity index (χ1) is 6.74. The molecule has 0 unspecified atom stereocenters. The second-order valence-electron chi connectivity index (χ2n) is 3.81. The Balaban J connectivity index is 2.67. The van der Waals surface area contributed by atoms with E-state index >= 15 is 0 Å². The molecule has 14 heavy (non-hydrogen) atoms. The highest BCUT2D eigenvalue weighted by atomic mass is 16.5. The van der Waals surface area contributed by atoms with Gasteiger partial charge in [-0.25, -0.2) is 0 Å². The molecule has 1 saturated carbocycles. The van der Waals surface area contributed by atoms with Gasteiger partial charge in [0.15, 0.2) is 0 Å². The molecule has 3 atom stereocenters. The van der Waals surface area contributed by atoms with Gasteiger partial charge in [0.1, 0.15) is 0 Å². The Morgan fingerprint density at radius 3 is 2.93 bits per heavy atom. The van der Waals surface area contributed by atoms with E-state index in [0.717, 1.165) is 19.3 Å². The van der Waals surface area contributed by atoms with Crippen molar-refractivity contribution >= 4 is 5.97 Å². The number of aliphatic hydroxyl groups is 1. The maximum absolute atomic E-state index is 11.4. The topological polar surface area (TPSA) is 46.5 Å². The van der Waals surface area contributed by atoms with Crippen LogP contribution in [0.3, 0.4) is 0 Å². The molecule has 3 nitrogen and oxygen atoms in total. The molecule has 0 heterocycles. The number of carbonyl (C=O) groups excluding carboxylic acids is 1. The number of methoxy groups -OCH3 is 1. The Hall–Kier alpha value is -0.830. The van der Waals surface area contributed by atoms with E-state index in [-0.39, 0.29) is 24.4 Å². The number of rotatable bonds is 4. The molecule has 80 valence electrons. The molecule has 0 aromatic carbocycles. The third-order valence-corrected chi connectivity index (χ3v) is 3.15. The zero-order chi connectivity index (χ0) is 10.6. The third-order valence-electron chi connectivity index (χ3n) is 3.15. The molecule has 1 fully saturated rings. The van der Waals surface area contributed by atoms with Gasteiger partial charge in [0.2, 0.25) is 0 Å². The van der Waals surface area contributed by atoms with Crippen molar-refractivity contribution in [3.05, 3.63) is 12.7 Å². The summed E-state index contributed by atoms with van der Waals surface area (Å²) >= 11 is 0. The molecule has 0 aromatic heterocycles. The van der Waals surface area contributed by atoms with E-state index in [1.54, 1.807) is 0 Å². The fourth-order valence-electron chi connectivity index (χ4n) is 2.35. The summed E-state index contributed by atoms with van der Waals surface area (Å²) in [5.74, 6) is -0.104. The van der Waals surface area contributed by atoms with E-state index in [1.165, 1.54) is 7.11 Å². The molecule has 1 rings (SSSR count). The quantitative estimate of drug-likeness (QED) is 0.548. The molecule has 0 spiro atoms. The van der Waals surface area contributed by atoms with Gasteiger partial charge < -0.3 is 9.84 Å². The van der Waals surface area contributed by atoms with Crippen LogP contribution in [0.15, 0.2) is 12.7 Å². The first kappa shape index (κ1) is 11.2. The minimum absolute atomic E-state index is 0.123. The fourth-order valence-corrected chi connectivity index (χ4v) is 2.35. The SMILES string of the molecule is C=C[C@@H]1CCC[C@H]1[C@H](CO)C(=O)OC. The van der Waals surface area contributed by atoms with Gasteiger partial charge in [0.05, 0.1) is 19.6 Å². The Labute approximate surface area is 84.8 Å². The van der Waals surface area contributed by atoms with Gasteiger partial charge in [-0.05, 0) is 24.7 Å². The maximum Gasteiger partial charge on any atom is 0.311 e. The van der Waals surface area contributed by atoms with Crippen LogP contribution in [0.1, 0.15) is 19.3 Å². The molecule has 1 aliphatic rings. The van der Waals surface area contributed by atoms with Crippen LogP contribution in [0.4, 0.5) is 0 Å². The van der Waals surface area contributed by atoms with Crippen molar-refractivity contribution in [2.75, 3.05) is 13.7 Å². The summed E-state index contributed by atoms with van der Waals surface area (Å²) in [5.41, 5.74) is 0. The summed E-state index contributed by atoms with van der Waals surface area (Å²) in [4.78, 5) is 11.4. The molecule has 0 bridgehead atoms. The Kier molecular flexibility index (Phi) is 4.14.